The first-order valence-electron chi connectivity index (χ1n) is 7.03. The predicted molar refractivity (Wildman–Crippen MR) is 74.5 cm³/mol. The number of hydrogen-bond acceptors (Lipinski definition) is 3. The van der Waals surface area contributed by atoms with Gasteiger partial charge in [0.25, 0.3) is 0 Å². The molecule has 0 aromatic carbocycles. The Bertz CT molecular complexity index is 356. The van der Waals surface area contributed by atoms with Gasteiger partial charge in [-0.1, -0.05) is 20.8 Å². The van der Waals surface area contributed by atoms with E-state index in [0.29, 0.717) is 0 Å². The average molecular weight is 253 g/mol. The van der Waals surface area contributed by atoms with Crippen LogP contribution in [0, 0.1) is 0 Å². The highest BCUT2D eigenvalue weighted by molar-refractivity contribution is 5.10. The van der Waals surface area contributed by atoms with Gasteiger partial charge in [-0.3, -0.25) is 4.68 Å². The maximum absolute atomic E-state index is 9.28. The zero-order valence-corrected chi connectivity index (χ0v) is 11.9. The van der Waals surface area contributed by atoms with Crippen LogP contribution in [0.4, 0.5) is 0 Å². The lowest BCUT2D eigenvalue weighted by Crippen LogP contribution is -2.43. The molecule has 1 heterocycles. The van der Waals surface area contributed by atoms with Crippen LogP contribution in [0.15, 0.2) is 6.07 Å². The summed E-state index contributed by atoms with van der Waals surface area (Å²) in [5.41, 5.74) is 8.10. The molecule has 18 heavy (non-hydrogen) atoms. The van der Waals surface area contributed by atoms with Crippen molar-refractivity contribution in [3.8, 4) is 0 Å². The largest absolute Gasteiger partial charge is 0.394 e. The Hall–Kier alpha value is -0.870. The molecule has 1 aromatic rings. The molecule has 0 saturated carbocycles. The molecule has 0 bridgehead atoms. The van der Waals surface area contributed by atoms with Crippen molar-refractivity contribution in [1.29, 1.82) is 0 Å². The normalized spacial score (nSPS) is 14.7. The molecule has 4 heteroatoms. The van der Waals surface area contributed by atoms with E-state index in [2.05, 4.69) is 29.7 Å². The zero-order valence-electron chi connectivity index (χ0n) is 11.9. The number of hydrogen-bond donors (Lipinski definition) is 2. The van der Waals surface area contributed by atoms with Crippen molar-refractivity contribution in [3.05, 3.63) is 17.5 Å². The second kappa shape index (κ2) is 6.90. The molecule has 3 N–H and O–H groups in total. The molecule has 0 aliphatic carbocycles. The number of rotatable bonds is 8. The molecule has 1 rings (SSSR count). The van der Waals surface area contributed by atoms with Gasteiger partial charge in [0.15, 0.2) is 0 Å². The van der Waals surface area contributed by atoms with E-state index < -0.39 is 5.54 Å². The van der Waals surface area contributed by atoms with E-state index in [1.807, 2.05) is 6.92 Å². The highest BCUT2D eigenvalue weighted by atomic mass is 16.3. The lowest BCUT2D eigenvalue weighted by atomic mass is 9.93. The highest BCUT2D eigenvalue weighted by Crippen LogP contribution is 2.15. The van der Waals surface area contributed by atoms with E-state index in [4.69, 9.17) is 5.73 Å². The molecule has 0 aliphatic rings. The number of nitrogens with two attached hydrogens (primary N) is 1. The van der Waals surface area contributed by atoms with E-state index in [1.54, 1.807) is 0 Å². The lowest BCUT2D eigenvalue weighted by Gasteiger charge is -2.25. The van der Waals surface area contributed by atoms with Crippen LogP contribution in [0.5, 0.6) is 0 Å². The number of aromatic nitrogens is 2. The summed E-state index contributed by atoms with van der Waals surface area (Å²) in [6, 6.07) is 2.18. The SMILES string of the molecule is CCc1cc(CC)n(CCCC(N)(CC)CO)n1. The van der Waals surface area contributed by atoms with Crippen LogP contribution >= 0.6 is 0 Å². The first kappa shape index (κ1) is 15.2. The minimum Gasteiger partial charge on any atom is -0.394 e. The van der Waals surface area contributed by atoms with Crippen LogP contribution in [0.25, 0.3) is 0 Å². The molecule has 1 aromatic heterocycles. The summed E-state index contributed by atoms with van der Waals surface area (Å²) in [7, 11) is 0. The van der Waals surface area contributed by atoms with Crippen molar-refractivity contribution in [1.82, 2.24) is 9.78 Å². The third-order valence-electron chi connectivity index (χ3n) is 3.70. The minimum atomic E-state index is -0.423. The molecular weight excluding hydrogens is 226 g/mol. The third-order valence-corrected chi connectivity index (χ3v) is 3.70. The molecule has 0 radical (unpaired) electrons. The molecule has 1 atom stereocenters. The Morgan fingerprint density at radius 1 is 1.33 bits per heavy atom. The second-order valence-corrected chi connectivity index (χ2v) is 5.03. The second-order valence-electron chi connectivity index (χ2n) is 5.03. The molecule has 104 valence electrons. The standard InChI is InChI=1S/C14H27N3O/c1-4-12-10-13(5-2)17(16-12)9-7-8-14(15,6-3)11-18/h10,18H,4-9,11,15H2,1-3H3. The maximum atomic E-state index is 9.28. The summed E-state index contributed by atoms with van der Waals surface area (Å²) in [6.45, 7) is 7.25. The molecule has 0 aliphatic heterocycles. The van der Waals surface area contributed by atoms with E-state index in [1.165, 1.54) is 5.69 Å². The molecule has 0 saturated heterocycles. The fraction of sp³-hybridized carbons (Fsp3) is 0.786. The Kier molecular flexibility index (Phi) is 5.82. The fourth-order valence-electron chi connectivity index (χ4n) is 2.11. The first-order chi connectivity index (χ1) is 8.58. The van der Waals surface area contributed by atoms with Gasteiger partial charge in [0.1, 0.15) is 0 Å². The quantitative estimate of drug-likeness (QED) is 0.743. The minimum absolute atomic E-state index is 0.0590. The van der Waals surface area contributed by atoms with Crippen LogP contribution in [0.3, 0.4) is 0 Å². The van der Waals surface area contributed by atoms with Crippen LogP contribution < -0.4 is 5.73 Å². The number of aliphatic hydroxyl groups is 1. The fourth-order valence-corrected chi connectivity index (χ4v) is 2.11. The highest BCUT2D eigenvalue weighted by Gasteiger charge is 2.20. The van der Waals surface area contributed by atoms with E-state index in [9.17, 15) is 5.11 Å². The van der Waals surface area contributed by atoms with Gasteiger partial charge in [-0.05, 0) is 38.2 Å². The summed E-state index contributed by atoms with van der Waals surface area (Å²) in [6.07, 6.45) is 4.59. The van der Waals surface area contributed by atoms with Crippen molar-refractivity contribution < 1.29 is 5.11 Å². The number of aryl methyl sites for hydroxylation is 3. The van der Waals surface area contributed by atoms with Crippen molar-refractivity contribution in [3.63, 3.8) is 0 Å². The third kappa shape index (κ3) is 3.82. The summed E-state index contributed by atoms with van der Waals surface area (Å²) >= 11 is 0. The van der Waals surface area contributed by atoms with Gasteiger partial charge in [0, 0.05) is 17.8 Å². The van der Waals surface area contributed by atoms with Gasteiger partial charge in [-0.25, -0.2) is 0 Å². The molecule has 4 nitrogen and oxygen atoms in total. The Balaban J connectivity index is 2.55. The Labute approximate surface area is 110 Å². The van der Waals surface area contributed by atoms with Crippen LogP contribution in [0.1, 0.15) is 51.4 Å². The van der Waals surface area contributed by atoms with Gasteiger partial charge in [-0.2, -0.15) is 5.10 Å². The van der Waals surface area contributed by atoms with Gasteiger partial charge in [0.05, 0.1) is 12.3 Å². The predicted octanol–water partition coefficient (Wildman–Crippen LogP) is 1.89. The Morgan fingerprint density at radius 3 is 2.56 bits per heavy atom. The number of aliphatic hydroxyl groups excluding tert-OH is 1. The van der Waals surface area contributed by atoms with Crippen molar-refractivity contribution in [2.24, 2.45) is 5.73 Å². The smallest absolute Gasteiger partial charge is 0.0624 e. The van der Waals surface area contributed by atoms with E-state index >= 15 is 0 Å². The zero-order chi connectivity index (χ0) is 13.6. The van der Waals surface area contributed by atoms with Gasteiger partial charge < -0.3 is 10.8 Å². The van der Waals surface area contributed by atoms with Gasteiger partial charge in [0.2, 0.25) is 0 Å². The topological polar surface area (TPSA) is 64.1 Å². The van der Waals surface area contributed by atoms with E-state index in [-0.39, 0.29) is 6.61 Å². The summed E-state index contributed by atoms with van der Waals surface area (Å²) in [4.78, 5) is 0. The Morgan fingerprint density at radius 2 is 2.06 bits per heavy atom. The molecule has 0 fully saturated rings. The van der Waals surface area contributed by atoms with Crippen molar-refractivity contribution >= 4 is 0 Å². The monoisotopic (exact) mass is 253 g/mol. The summed E-state index contributed by atoms with van der Waals surface area (Å²) < 4.78 is 2.09. The van der Waals surface area contributed by atoms with Crippen LogP contribution in [0.2, 0.25) is 0 Å². The molecule has 0 spiro atoms. The van der Waals surface area contributed by atoms with Gasteiger partial charge >= 0.3 is 0 Å². The molecular formula is C14H27N3O. The maximum Gasteiger partial charge on any atom is 0.0624 e. The first-order valence-corrected chi connectivity index (χ1v) is 7.03. The summed E-state index contributed by atoms with van der Waals surface area (Å²) in [5.74, 6) is 0. The van der Waals surface area contributed by atoms with Crippen molar-refractivity contribution in [2.45, 2.75) is 65.0 Å². The molecule has 0 amide bonds. The lowest BCUT2D eigenvalue weighted by molar-refractivity contribution is 0.178. The average Bonchev–Trinajstić information content (AvgIpc) is 2.81. The van der Waals surface area contributed by atoms with E-state index in [0.717, 1.165) is 44.3 Å². The number of nitrogens with zero attached hydrogens (tertiary/aromatic N) is 2. The summed E-state index contributed by atoms with van der Waals surface area (Å²) in [5, 5.41) is 13.9. The van der Waals surface area contributed by atoms with Crippen molar-refractivity contribution in [2.75, 3.05) is 6.61 Å². The van der Waals surface area contributed by atoms with Crippen LogP contribution in [-0.4, -0.2) is 27.0 Å². The van der Waals surface area contributed by atoms with Crippen LogP contribution in [-0.2, 0) is 19.4 Å². The van der Waals surface area contributed by atoms with Gasteiger partial charge in [-0.15, -0.1) is 0 Å². The molecule has 1 unspecified atom stereocenters.